The predicted molar refractivity (Wildman–Crippen MR) is 111 cm³/mol. The minimum absolute atomic E-state index is 0.0481. The number of hydrogen-bond acceptors (Lipinski definition) is 7. The molecular formula is C21H25F5N6O. The number of methoxy groups -OCH3 is 1. The Morgan fingerprint density at radius 1 is 0.879 bits per heavy atom. The highest BCUT2D eigenvalue weighted by Crippen LogP contribution is 2.41. The van der Waals surface area contributed by atoms with Crippen LogP contribution in [0.3, 0.4) is 0 Å². The Bertz CT molecular complexity index is 959. The van der Waals surface area contributed by atoms with Crippen LogP contribution in [0.15, 0.2) is 12.1 Å². The lowest BCUT2D eigenvalue weighted by atomic mass is 9.86. The average Bonchev–Trinajstić information content (AvgIpc) is 2.76. The quantitative estimate of drug-likeness (QED) is 0.635. The molecule has 0 bridgehead atoms. The van der Waals surface area contributed by atoms with Crippen LogP contribution >= 0.6 is 0 Å². The molecule has 2 N–H and O–H groups in total. The van der Waals surface area contributed by atoms with E-state index >= 15 is 0 Å². The number of aromatic nitrogens is 4. The first kappa shape index (κ1) is 23.4. The summed E-state index contributed by atoms with van der Waals surface area (Å²) in [6.07, 6.45) is -0.710. The van der Waals surface area contributed by atoms with Gasteiger partial charge < -0.3 is 15.4 Å². The van der Waals surface area contributed by atoms with Crippen LogP contribution in [0.4, 0.5) is 33.8 Å². The van der Waals surface area contributed by atoms with E-state index in [1.807, 2.05) is 0 Å². The van der Waals surface area contributed by atoms with Crippen molar-refractivity contribution in [3.63, 3.8) is 0 Å². The van der Waals surface area contributed by atoms with Crippen molar-refractivity contribution in [2.24, 2.45) is 0 Å². The molecule has 0 unspecified atom stereocenters. The molecule has 12 heteroatoms. The Kier molecular flexibility index (Phi) is 6.28. The van der Waals surface area contributed by atoms with Crippen molar-refractivity contribution in [3.05, 3.63) is 17.9 Å². The maximum absolute atomic E-state index is 14.5. The van der Waals surface area contributed by atoms with Crippen LogP contribution in [0.2, 0.25) is 0 Å². The molecule has 2 aromatic heterocycles. The summed E-state index contributed by atoms with van der Waals surface area (Å²) in [5.41, 5.74) is 5.68. The molecule has 180 valence electrons. The summed E-state index contributed by atoms with van der Waals surface area (Å²) in [5.74, 6) is -6.43. The fourth-order valence-corrected chi connectivity index (χ4v) is 4.53. The second-order valence-corrected chi connectivity index (χ2v) is 8.58. The van der Waals surface area contributed by atoms with E-state index in [0.29, 0.717) is 0 Å². The number of nitrogens with zero attached hydrogens (tertiary/aromatic N) is 5. The third-order valence-corrected chi connectivity index (χ3v) is 6.27. The minimum atomic E-state index is -2.77. The highest BCUT2D eigenvalue weighted by atomic mass is 19.3. The van der Waals surface area contributed by atoms with Gasteiger partial charge in [-0.15, -0.1) is 0 Å². The lowest BCUT2D eigenvalue weighted by Crippen LogP contribution is -2.50. The zero-order valence-corrected chi connectivity index (χ0v) is 18.1. The van der Waals surface area contributed by atoms with Crippen LogP contribution in [0.1, 0.15) is 51.4 Å². The number of ether oxygens (including phenoxy) is 1. The van der Waals surface area contributed by atoms with Crippen LogP contribution < -0.4 is 15.4 Å². The smallest absolute Gasteiger partial charge is 0.248 e. The first-order chi connectivity index (χ1) is 15.6. The van der Waals surface area contributed by atoms with Crippen LogP contribution in [0.25, 0.3) is 11.5 Å². The first-order valence-electron chi connectivity index (χ1n) is 10.8. The van der Waals surface area contributed by atoms with Gasteiger partial charge >= 0.3 is 0 Å². The van der Waals surface area contributed by atoms with Gasteiger partial charge in [0.05, 0.1) is 7.11 Å². The molecule has 2 aliphatic rings. The summed E-state index contributed by atoms with van der Waals surface area (Å²) in [7, 11) is 1.37. The van der Waals surface area contributed by atoms with Gasteiger partial charge in [0.15, 0.2) is 11.6 Å². The minimum Gasteiger partial charge on any atom is -0.481 e. The van der Waals surface area contributed by atoms with Gasteiger partial charge in [-0.1, -0.05) is 0 Å². The Morgan fingerprint density at radius 2 is 1.42 bits per heavy atom. The molecule has 2 fully saturated rings. The summed E-state index contributed by atoms with van der Waals surface area (Å²) < 4.78 is 74.8. The van der Waals surface area contributed by atoms with E-state index in [2.05, 4.69) is 19.9 Å². The molecule has 2 heterocycles. The summed E-state index contributed by atoms with van der Waals surface area (Å²) in [6.45, 7) is 0. The monoisotopic (exact) mass is 472 g/mol. The zero-order valence-electron chi connectivity index (χ0n) is 18.1. The number of nitrogen functional groups attached to an aromatic ring is 1. The third-order valence-electron chi connectivity index (χ3n) is 6.27. The number of halogens is 5. The van der Waals surface area contributed by atoms with E-state index in [0.717, 1.165) is 6.07 Å². The maximum Gasteiger partial charge on any atom is 0.248 e. The van der Waals surface area contributed by atoms with Gasteiger partial charge in [-0.3, -0.25) is 0 Å². The van der Waals surface area contributed by atoms with Gasteiger partial charge in [-0.25, -0.2) is 26.9 Å². The van der Waals surface area contributed by atoms with Gasteiger partial charge in [-0.2, -0.15) is 15.0 Å². The summed E-state index contributed by atoms with van der Waals surface area (Å²) >= 11 is 0. The van der Waals surface area contributed by atoms with Crippen LogP contribution in [-0.4, -0.2) is 51.0 Å². The summed E-state index contributed by atoms with van der Waals surface area (Å²) in [6, 6.07) is 1.70. The molecule has 2 aliphatic carbocycles. The fraction of sp³-hybridized carbons (Fsp3) is 0.619. The van der Waals surface area contributed by atoms with E-state index in [9.17, 15) is 22.0 Å². The lowest BCUT2D eigenvalue weighted by molar-refractivity contribution is -0.0459. The van der Waals surface area contributed by atoms with Crippen LogP contribution in [0.5, 0.6) is 5.88 Å². The van der Waals surface area contributed by atoms with E-state index in [4.69, 9.17) is 10.5 Å². The maximum atomic E-state index is 14.5. The average molecular weight is 472 g/mol. The van der Waals surface area contributed by atoms with Crippen molar-refractivity contribution >= 4 is 11.9 Å². The van der Waals surface area contributed by atoms with Gasteiger partial charge in [0.1, 0.15) is 5.69 Å². The van der Waals surface area contributed by atoms with Gasteiger partial charge in [-0.05, 0) is 31.7 Å². The lowest BCUT2D eigenvalue weighted by Gasteiger charge is -2.43. The number of alkyl halides is 4. The van der Waals surface area contributed by atoms with Crippen molar-refractivity contribution in [1.29, 1.82) is 0 Å². The second-order valence-electron chi connectivity index (χ2n) is 8.58. The number of nitrogens with two attached hydrogens (primary N) is 1. The largest absolute Gasteiger partial charge is 0.481 e. The van der Waals surface area contributed by atoms with E-state index in [-0.39, 0.29) is 92.7 Å². The normalized spacial score (nSPS) is 21.0. The van der Waals surface area contributed by atoms with Gasteiger partial charge in [0.2, 0.25) is 29.6 Å². The second kappa shape index (κ2) is 8.86. The Morgan fingerprint density at radius 3 is 1.94 bits per heavy atom. The molecule has 0 amide bonds. The van der Waals surface area contributed by atoms with Crippen molar-refractivity contribution < 1.29 is 26.7 Å². The molecule has 33 heavy (non-hydrogen) atoms. The molecule has 0 aliphatic heterocycles. The first-order valence-corrected chi connectivity index (χ1v) is 10.8. The van der Waals surface area contributed by atoms with Gasteiger partial charge in [0.25, 0.3) is 0 Å². The van der Waals surface area contributed by atoms with Crippen LogP contribution in [-0.2, 0) is 0 Å². The Hall–Kier alpha value is -2.79. The summed E-state index contributed by atoms with van der Waals surface area (Å²) in [4.78, 5) is 18.3. The van der Waals surface area contributed by atoms with Crippen molar-refractivity contribution in [2.75, 3.05) is 17.7 Å². The fourth-order valence-electron chi connectivity index (χ4n) is 4.53. The van der Waals surface area contributed by atoms with Gasteiger partial charge in [0, 0.05) is 43.8 Å². The molecule has 0 saturated heterocycles. The molecule has 0 spiro atoms. The highest BCUT2D eigenvalue weighted by molar-refractivity contribution is 5.55. The predicted octanol–water partition coefficient (Wildman–Crippen LogP) is 4.63. The Labute approximate surface area is 187 Å². The highest BCUT2D eigenvalue weighted by Gasteiger charge is 2.43. The molecule has 0 radical (unpaired) electrons. The zero-order chi connectivity index (χ0) is 23.8. The van der Waals surface area contributed by atoms with E-state index in [1.54, 1.807) is 4.90 Å². The topological polar surface area (TPSA) is 90.0 Å². The SMILES string of the molecule is COc1ccc(F)c(-c2nc(N)nc(N(C3CCC(F)(F)CC3)C3CCC(F)(F)CC3)n2)n1. The molecular weight excluding hydrogens is 447 g/mol. The Balaban J connectivity index is 1.72. The molecule has 0 aromatic carbocycles. The van der Waals surface area contributed by atoms with Crippen molar-refractivity contribution in [3.8, 4) is 17.4 Å². The molecule has 7 nitrogen and oxygen atoms in total. The number of pyridine rings is 1. The molecule has 4 rings (SSSR count). The van der Waals surface area contributed by atoms with Crippen LogP contribution in [0, 0.1) is 5.82 Å². The number of rotatable bonds is 5. The standard InChI is InChI=1S/C21H25F5N6O/c1-33-15-3-2-14(22)16(28-15)17-29-18(27)31-19(30-17)32(12-4-8-20(23,24)9-5-12)13-6-10-21(25,26)11-7-13/h2-3,12-13H,4-11H2,1H3,(H2,27,29,30,31). The number of anilines is 2. The summed E-state index contributed by atoms with van der Waals surface area (Å²) in [5, 5.41) is 0. The molecule has 0 atom stereocenters. The molecule has 2 aromatic rings. The van der Waals surface area contributed by atoms with E-state index in [1.165, 1.54) is 13.2 Å². The molecule has 2 saturated carbocycles. The van der Waals surface area contributed by atoms with Crippen molar-refractivity contribution in [1.82, 2.24) is 19.9 Å². The van der Waals surface area contributed by atoms with Crippen molar-refractivity contribution in [2.45, 2.75) is 75.3 Å². The number of hydrogen-bond donors (Lipinski definition) is 1. The third kappa shape index (κ3) is 5.25. The van der Waals surface area contributed by atoms with E-state index < -0.39 is 17.7 Å².